The fourth-order valence-corrected chi connectivity index (χ4v) is 6.86. The van der Waals surface area contributed by atoms with Crippen LogP contribution in [0.4, 0.5) is 13.2 Å². The molecule has 0 fully saturated rings. The predicted octanol–water partition coefficient (Wildman–Crippen LogP) is 11.7. The molecule has 252 valence electrons. The minimum Gasteiger partial charge on any atom is -0.507 e. The summed E-state index contributed by atoms with van der Waals surface area (Å²) in [6.07, 6.45) is -2.88. The van der Waals surface area contributed by atoms with Crippen LogP contribution in [-0.2, 0) is 17.1 Å². The molecular weight excluding hydrogens is 631 g/mol. The minimum absolute atomic E-state index is 0.126. The van der Waals surface area contributed by atoms with Crippen molar-refractivity contribution < 1.29 is 18.3 Å². The molecule has 0 unspecified atom stereocenters. The van der Waals surface area contributed by atoms with Crippen LogP contribution in [0, 0.1) is 6.92 Å². The van der Waals surface area contributed by atoms with Gasteiger partial charge in [-0.2, -0.15) is 13.2 Å². The Hall–Kier alpha value is -5.43. The minimum atomic E-state index is -4.51. The van der Waals surface area contributed by atoms with Crippen molar-refractivity contribution in [2.45, 2.75) is 58.7 Å². The number of rotatable bonds is 5. The van der Waals surface area contributed by atoms with E-state index in [0.717, 1.165) is 33.3 Å². The molecule has 4 nitrogen and oxygen atoms in total. The Morgan fingerprint density at radius 1 is 0.620 bits per heavy atom. The average Bonchev–Trinajstić information content (AvgIpc) is 3.48. The molecule has 0 bridgehead atoms. The number of pyridine rings is 1. The van der Waals surface area contributed by atoms with Gasteiger partial charge in [0, 0.05) is 22.7 Å². The molecule has 50 heavy (non-hydrogen) atoms. The van der Waals surface area contributed by atoms with E-state index in [1.54, 1.807) is 25.3 Å². The van der Waals surface area contributed by atoms with Gasteiger partial charge in [-0.25, -0.2) is 4.98 Å². The van der Waals surface area contributed by atoms with E-state index < -0.39 is 17.3 Å². The van der Waals surface area contributed by atoms with E-state index in [4.69, 9.17) is 4.98 Å². The molecule has 0 spiro atoms. The first kappa shape index (κ1) is 33.1. The summed E-state index contributed by atoms with van der Waals surface area (Å²) in [7, 11) is 0. The maximum absolute atomic E-state index is 14.1. The summed E-state index contributed by atoms with van der Waals surface area (Å²) in [6, 6.07) is 33.5. The van der Waals surface area contributed by atoms with Gasteiger partial charge < -0.3 is 9.67 Å². The van der Waals surface area contributed by atoms with Crippen LogP contribution >= 0.6 is 0 Å². The van der Waals surface area contributed by atoms with Gasteiger partial charge in [0.05, 0.1) is 33.2 Å². The van der Waals surface area contributed by atoms with Crippen LogP contribution in [-0.4, -0.2) is 19.6 Å². The lowest BCUT2D eigenvalue weighted by molar-refractivity contribution is -0.137. The van der Waals surface area contributed by atoms with Crippen molar-refractivity contribution in [3.63, 3.8) is 0 Å². The Labute approximate surface area is 289 Å². The number of alkyl halides is 3. The Balaban J connectivity index is 1.49. The number of halogens is 3. The number of nitrogens with zero attached hydrogens (tertiary/aromatic N) is 3. The first-order chi connectivity index (χ1) is 23.6. The van der Waals surface area contributed by atoms with Crippen LogP contribution in [0.25, 0.3) is 55.6 Å². The second-order valence-corrected chi connectivity index (χ2v) is 14.5. The second-order valence-electron chi connectivity index (χ2n) is 14.5. The molecule has 7 rings (SSSR count). The molecule has 0 amide bonds. The standard InChI is InChI=1S/C43H38F3N3O/c1-26-20-21-47-38-33(26)24-31(43(44,45)46)25-34(38)28-13-10-12-27(22-28)32-16-11-17-36-39(32)48-40(35-23-30(41(2,3)4)18-19-37(35)50)49(36)42(5,6)29-14-8-7-9-15-29/h7-25,50H,1-6H3. The topological polar surface area (TPSA) is 50.9 Å². The SMILES string of the molecule is Cc1ccnc2c(-c3cccc(-c4cccc5c4nc(-c4cc(C(C)(C)C)ccc4O)n5C(C)(C)c4ccccc4)c3)cc(C(F)(F)F)cc12. The van der Waals surface area contributed by atoms with Gasteiger partial charge in [0.1, 0.15) is 11.6 Å². The number of aromatic hydroxyl groups is 1. The van der Waals surface area contributed by atoms with E-state index >= 15 is 0 Å². The molecular formula is C43H38F3N3O. The van der Waals surface area contributed by atoms with Crippen molar-refractivity contribution in [1.82, 2.24) is 14.5 Å². The van der Waals surface area contributed by atoms with Gasteiger partial charge in [-0.3, -0.25) is 4.98 Å². The quantitative estimate of drug-likeness (QED) is 0.198. The van der Waals surface area contributed by atoms with Gasteiger partial charge in [0.15, 0.2) is 0 Å². The first-order valence-corrected chi connectivity index (χ1v) is 16.6. The van der Waals surface area contributed by atoms with E-state index in [-0.39, 0.29) is 11.2 Å². The number of phenolic OH excluding ortho intramolecular Hbond substituents is 1. The Morgan fingerprint density at radius 3 is 2.00 bits per heavy atom. The highest BCUT2D eigenvalue weighted by molar-refractivity contribution is 5.99. The van der Waals surface area contributed by atoms with Crippen LogP contribution in [0.3, 0.4) is 0 Å². The number of aromatic nitrogens is 3. The Morgan fingerprint density at radius 2 is 1.30 bits per heavy atom. The summed E-state index contributed by atoms with van der Waals surface area (Å²) in [5.74, 6) is 0.741. The number of hydrogen-bond acceptors (Lipinski definition) is 3. The third-order valence-corrected chi connectivity index (χ3v) is 9.70. The second kappa shape index (κ2) is 11.9. The lowest BCUT2D eigenvalue weighted by Gasteiger charge is -2.31. The zero-order valence-corrected chi connectivity index (χ0v) is 28.9. The van der Waals surface area contributed by atoms with E-state index in [1.807, 2.05) is 72.8 Å². The smallest absolute Gasteiger partial charge is 0.416 e. The monoisotopic (exact) mass is 669 g/mol. The first-order valence-electron chi connectivity index (χ1n) is 16.6. The van der Waals surface area contributed by atoms with Gasteiger partial charge in [-0.1, -0.05) is 87.5 Å². The summed E-state index contributed by atoms with van der Waals surface area (Å²) < 4.78 is 44.6. The van der Waals surface area contributed by atoms with Crippen molar-refractivity contribution in [2.24, 2.45) is 0 Å². The van der Waals surface area contributed by atoms with Gasteiger partial charge in [0.2, 0.25) is 0 Å². The summed E-state index contributed by atoms with van der Waals surface area (Å²) in [5.41, 5.74) is 6.74. The molecule has 0 radical (unpaired) electrons. The number of aryl methyl sites for hydroxylation is 1. The van der Waals surface area contributed by atoms with Crippen LogP contribution < -0.4 is 0 Å². The molecule has 2 aromatic heterocycles. The number of imidazole rings is 1. The van der Waals surface area contributed by atoms with Crippen molar-refractivity contribution in [3.05, 3.63) is 138 Å². The number of fused-ring (bicyclic) bond motifs is 2. The maximum atomic E-state index is 14.1. The highest BCUT2D eigenvalue weighted by Crippen LogP contribution is 2.43. The van der Waals surface area contributed by atoms with Gasteiger partial charge >= 0.3 is 6.18 Å². The molecule has 0 saturated heterocycles. The van der Waals surface area contributed by atoms with Crippen molar-refractivity contribution in [2.75, 3.05) is 0 Å². The maximum Gasteiger partial charge on any atom is 0.416 e. The van der Waals surface area contributed by atoms with E-state index in [0.29, 0.717) is 38.9 Å². The van der Waals surface area contributed by atoms with Crippen molar-refractivity contribution in [1.29, 1.82) is 0 Å². The molecule has 7 heteroatoms. The fourth-order valence-electron chi connectivity index (χ4n) is 6.86. The summed E-state index contributed by atoms with van der Waals surface area (Å²) in [4.78, 5) is 9.81. The number of para-hydroxylation sites is 1. The van der Waals surface area contributed by atoms with Gasteiger partial charge in [-0.05, 0) is 96.5 Å². The molecule has 0 atom stereocenters. The van der Waals surface area contributed by atoms with Gasteiger partial charge in [-0.15, -0.1) is 0 Å². The highest BCUT2D eigenvalue weighted by atomic mass is 19.4. The lowest BCUT2D eigenvalue weighted by atomic mass is 9.86. The molecule has 5 aromatic carbocycles. The zero-order chi connectivity index (χ0) is 35.6. The number of hydrogen-bond donors (Lipinski definition) is 1. The largest absolute Gasteiger partial charge is 0.507 e. The van der Waals surface area contributed by atoms with E-state index in [1.165, 1.54) is 12.1 Å². The predicted molar refractivity (Wildman–Crippen MR) is 196 cm³/mol. The summed E-state index contributed by atoms with van der Waals surface area (Å²) in [5, 5.41) is 11.8. The van der Waals surface area contributed by atoms with Crippen LogP contribution in [0.2, 0.25) is 0 Å². The summed E-state index contributed by atoms with van der Waals surface area (Å²) >= 11 is 0. The van der Waals surface area contributed by atoms with Crippen LogP contribution in [0.15, 0.2) is 115 Å². The van der Waals surface area contributed by atoms with Crippen LogP contribution in [0.5, 0.6) is 5.75 Å². The molecule has 1 N–H and O–H groups in total. The van der Waals surface area contributed by atoms with E-state index in [9.17, 15) is 18.3 Å². The number of phenols is 1. The molecule has 0 aliphatic rings. The van der Waals surface area contributed by atoms with Gasteiger partial charge in [0.25, 0.3) is 0 Å². The van der Waals surface area contributed by atoms with E-state index in [2.05, 4.69) is 56.3 Å². The highest BCUT2D eigenvalue weighted by Gasteiger charge is 2.33. The molecule has 7 aromatic rings. The number of benzene rings is 5. The third kappa shape index (κ3) is 5.70. The van der Waals surface area contributed by atoms with Crippen molar-refractivity contribution >= 4 is 21.9 Å². The molecule has 0 aliphatic heterocycles. The summed E-state index contributed by atoms with van der Waals surface area (Å²) in [6.45, 7) is 12.5. The van der Waals surface area contributed by atoms with Crippen molar-refractivity contribution in [3.8, 4) is 39.4 Å². The molecule has 2 heterocycles. The normalized spacial score (nSPS) is 12.6. The lowest BCUT2D eigenvalue weighted by Crippen LogP contribution is -2.28. The molecule has 0 aliphatic carbocycles. The molecule has 0 saturated carbocycles. The average molecular weight is 670 g/mol. The Kier molecular flexibility index (Phi) is 7.85. The zero-order valence-electron chi connectivity index (χ0n) is 28.9. The fraction of sp³-hybridized carbons (Fsp3) is 0.209. The Bertz CT molecular complexity index is 2400. The third-order valence-electron chi connectivity index (χ3n) is 9.70. The van der Waals surface area contributed by atoms with Crippen LogP contribution in [0.1, 0.15) is 56.9 Å².